The maximum Gasteiger partial charge on any atom is 0.308 e. The van der Waals surface area contributed by atoms with Crippen molar-refractivity contribution in [2.24, 2.45) is 0 Å². The first-order chi connectivity index (χ1) is 12.5. The molecule has 0 aromatic heterocycles. The molecule has 7 nitrogen and oxygen atoms in total. The van der Waals surface area contributed by atoms with Crippen molar-refractivity contribution in [3.05, 3.63) is 54.1 Å². The molecule has 0 radical (unpaired) electrons. The quantitative estimate of drug-likeness (QED) is 0.588. The van der Waals surface area contributed by atoms with E-state index in [0.717, 1.165) is 0 Å². The standard InChI is InChI=1S/C19H20N2O5/c1-13(22)26-17-8-3-5-14(11-17)19(24)21-16-7-4-6-15(12-16)20-18(23)9-10-25-2/h3-8,11-12H,9-10H2,1-2H3,(H,20,23)(H,21,24). The summed E-state index contributed by atoms with van der Waals surface area (Å²) in [5.74, 6) is -0.699. The summed E-state index contributed by atoms with van der Waals surface area (Å²) in [6.07, 6.45) is 0.246. The zero-order valence-electron chi connectivity index (χ0n) is 14.6. The number of anilines is 2. The Morgan fingerprint density at radius 3 is 2.35 bits per heavy atom. The van der Waals surface area contributed by atoms with Gasteiger partial charge in [0, 0.05) is 31.0 Å². The highest BCUT2D eigenvalue weighted by Gasteiger charge is 2.09. The van der Waals surface area contributed by atoms with Crippen LogP contribution in [0.15, 0.2) is 48.5 Å². The Balaban J connectivity index is 2.04. The second-order valence-electron chi connectivity index (χ2n) is 5.45. The summed E-state index contributed by atoms with van der Waals surface area (Å²) in [6.45, 7) is 1.63. The minimum absolute atomic E-state index is 0.176. The van der Waals surface area contributed by atoms with E-state index in [0.29, 0.717) is 29.3 Å². The van der Waals surface area contributed by atoms with Gasteiger partial charge in [0.15, 0.2) is 0 Å². The zero-order chi connectivity index (χ0) is 18.9. The summed E-state index contributed by atoms with van der Waals surface area (Å²) in [7, 11) is 1.53. The first kappa shape index (κ1) is 19.1. The van der Waals surface area contributed by atoms with Crippen molar-refractivity contribution in [3.63, 3.8) is 0 Å². The van der Waals surface area contributed by atoms with Crippen LogP contribution in [0.4, 0.5) is 11.4 Å². The van der Waals surface area contributed by atoms with Gasteiger partial charge in [-0.05, 0) is 36.4 Å². The summed E-state index contributed by atoms with van der Waals surface area (Å²) in [4.78, 5) is 35.1. The SMILES string of the molecule is COCCC(=O)Nc1cccc(NC(=O)c2cccc(OC(C)=O)c2)c1. The molecule has 0 unspecified atom stereocenters. The molecule has 2 aromatic carbocycles. The van der Waals surface area contributed by atoms with Crippen LogP contribution in [0.25, 0.3) is 0 Å². The first-order valence-electron chi connectivity index (χ1n) is 7.96. The maximum atomic E-state index is 12.4. The lowest BCUT2D eigenvalue weighted by Gasteiger charge is -2.09. The van der Waals surface area contributed by atoms with Gasteiger partial charge in [0.1, 0.15) is 5.75 Å². The van der Waals surface area contributed by atoms with Crippen LogP contribution in [0.3, 0.4) is 0 Å². The van der Waals surface area contributed by atoms with E-state index in [-0.39, 0.29) is 18.2 Å². The third kappa shape index (κ3) is 6.03. The average Bonchev–Trinajstić information content (AvgIpc) is 2.60. The van der Waals surface area contributed by atoms with E-state index in [4.69, 9.17) is 9.47 Å². The number of carbonyl (C=O) groups excluding carboxylic acids is 3. The van der Waals surface area contributed by atoms with Crippen LogP contribution in [0.1, 0.15) is 23.7 Å². The zero-order valence-corrected chi connectivity index (χ0v) is 14.6. The molecule has 2 N–H and O–H groups in total. The minimum Gasteiger partial charge on any atom is -0.427 e. The van der Waals surface area contributed by atoms with Gasteiger partial charge in [-0.25, -0.2) is 0 Å². The van der Waals surface area contributed by atoms with Crippen molar-refractivity contribution in [3.8, 4) is 5.75 Å². The van der Waals surface area contributed by atoms with Gasteiger partial charge in [-0.1, -0.05) is 12.1 Å². The van der Waals surface area contributed by atoms with Crippen LogP contribution < -0.4 is 15.4 Å². The normalized spacial score (nSPS) is 10.1. The van der Waals surface area contributed by atoms with Crippen molar-refractivity contribution in [1.82, 2.24) is 0 Å². The molecular weight excluding hydrogens is 336 g/mol. The molecular formula is C19H20N2O5. The second-order valence-corrected chi connectivity index (χ2v) is 5.45. The Labute approximate surface area is 151 Å². The number of amides is 2. The highest BCUT2D eigenvalue weighted by atomic mass is 16.5. The molecule has 0 spiro atoms. The van der Waals surface area contributed by atoms with Crippen molar-refractivity contribution in [2.75, 3.05) is 24.4 Å². The Morgan fingerprint density at radius 2 is 1.65 bits per heavy atom. The number of hydrogen-bond acceptors (Lipinski definition) is 5. The van der Waals surface area contributed by atoms with Crippen LogP contribution in [0.5, 0.6) is 5.75 Å². The molecule has 26 heavy (non-hydrogen) atoms. The van der Waals surface area contributed by atoms with Gasteiger partial charge in [0.2, 0.25) is 5.91 Å². The molecule has 0 aliphatic carbocycles. The molecule has 0 aliphatic heterocycles. The summed E-state index contributed by atoms with van der Waals surface area (Å²) in [6, 6.07) is 13.1. The maximum absolute atomic E-state index is 12.4. The van der Waals surface area contributed by atoms with Crippen molar-refractivity contribution < 1.29 is 23.9 Å². The molecule has 0 atom stereocenters. The predicted molar refractivity (Wildman–Crippen MR) is 97.3 cm³/mol. The smallest absolute Gasteiger partial charge is 0.308 e. The fourth-order valence-electron chi connectivity index (χ4n) is 2.16. The molecule has 2 aromatic rings. The number of hydrogen-bond donors (Lipinski definition) is 2. The third-order valence-corrected chi connectivity index (χ3v) is 3.30. The molecule has 0 fully saturated rings. The first-order valence-corrected chi connectivity index (χ1v) is 7.96. The number of methoxy groups -OCH3 is 1. The fraction of sp³-hybridized carbons (Fsp3) is 0.211. The Hall–Kier alpha value is -3.19. The number of nitrogens with one attached hydrogen (secondary N) is 2. The molecule has 136 valence electrons. The van der Waals surface area contributed by atoms with Crippen molar-refractivity contribution in [1.29, 1.82) is 0 Å². The summed E-state index contributed by atoms with van der Waals surface area (Å²) in [5, 5.41) is 5.47. The summed E-state index contributed by atoms with van der Waals surface area (Å²) >= 11 is 0. The monoisotopic (exact) mass is 356 g/mol. The van der Waals surface area contributed by atoms with E-state index >= 15 is 0 Å². The van der Waals surface area contributed by atoms with Gasteiger partial charge in [-0.3, -0.25) is 14.4 Å². The van der Waals surface area contributed by atoms with Crippen LogP contribution >= 0.6 is 0 Å². The molecule has 0 saturated carbocycles. The summed E-state index contributed by atoms with van der Waals surface area (Å²) < 4.78 is 9.83. The molecule has 2 amide bonds. The number of ether oxygens (including phenoxy) is 2. The number of esters is 1. The van der Waals surface area contributed by atoms with E-state index in [9.17, 15) is 14.4 Å². The predicted octanol–water partition coefficient (Wildman–Crippen LogP) is 2.84. The second kappa shape index (κ2) is 9.33. The number of rotatable bonds is 7. The van der Waals surface area contributed by atoms with Crippen molar-refractivity contribution in [2.45, 2.75) is 13.3 Å². The van der Waals surface area contributed by atoms with E-state index in [2.05, 4.69) is 10.6 Å². The van der Waals surface area contributed by atoms with E-state index in [1.807, 2.05) is 0 Å². The van der Waals surface area contributed by atoms with Crippen LogP contribution in [0, 0.1) is 0 Å². The van der Waals surface area contributed by atoms with Gasteiger partial charge >= 0.3 is 5.97 Å². The van der Waals surface area contributed by atoms with Gasteiger partial charge < -0.3 is 20.1 Å². The minimum atomic E-state index is -0.459. The van der Waals surface area contributed by atoms with Gasteiger partial charge in [0.25, 0.3) is 5.91 Å². The topological polar surface area (TPSA) is 93.7 Å². The largest absolute Gasteiger partial charge is 0.427 e. The van der Waals surface area contributed by atoms with Crippen LogP contribution in [-0.4, -0.2) is 31.5 Å². The lowest BCUT2D eigenvalue weighted by Crippen LogP contribution is -2.15. The highest BCUT2D eigenvalue weighted by Crippen LogP contribution is 2.18. The van der Waals surface area contributed by atoms with Crippen LogP contribution in [0.2, 0.25) is 0 Å². The van der Waals surface area contributed by atoms with Gasteiger partial charge in [-0.15, -0.1) is 0 Å². The molecule has 0 aliphatic rings. The molecule has 0 saturated heterocycles. The fourth-order valence-corrected chi connectivity index (χ4v) is 2.16. The molecule has 7 heteroatoms. The molecule has 0 heterocycles. The number of benzene rings is 2. The highest BCUT2D eigenvalue weighted by molar-refractivity contribution is 6.05. The number of carbonyl (C=O) groups is 3. The molecule has 2 rings (SSSR count). The Bertz CT molecular complexity index is 804. The lowest BCUT2D eigenvalue weighted by atomic mass is 10.2. The Kier molecular flexibility index (Phi) is 6.87. The van der Waals surface area contributed by atoms with Gasteiger partial charge in [0.05, 0.1) is 13.0 Å². The third-order valence-electron chi connectivity index (χ3n) is 3.30. The van der Waals surface area contributed by atoms with Crippen molar-refractivity contribution >= 4 is 29.2 Å². The van der Waals surface area contributed by atoms with E-state index in [1.54, 1.807) is 42.5 Å². The van der Waals surface area contributed by atoms with Gasteiger partial charge in [-0.2, -0.15) is 0 Å². The lowest BCUT2D eigenvalue weighted by molar-refractivity contribution is -0.131. The Morgan fingerprint density at radius 1 is 0.962 bits per heavy atom. The summed E-state index contributed by atoms with van der Waals surface area (Å²) in [5.41, 5.74) is 1.44. The average molecular weight is 356 g/mol. The molecule has 0 bridgehead atoms. The van der Waals surface area contributed by atoms with Crippen LogP contribution in [-0.2, 0) is 14.3 Å². The van der Waals surface area contributed by atoms with E-state index < -0.39 is 5.97 Å². The van der Waals surface area contributed by atoms with E-state index in [1.165, 1.54) is 20.1 Å².